The Labute approximate surface area is 121 Å². The number of aromatic nitrogens is 4. The average molecular weight is 272 g/mol. The molecule has 0 atom stereocenters. The van der Waals surface area contributed by atoms with Gasteiger partial charge in [-0.25, -0.2) is 4.68 Å². The van der Waals surface area contributed by atoms with Crippen molar-refractivity contribution in [3.8, 4) is 17.1 Å². The summed E-state index contributed by atoms with van der Waals surface area (Å²) in [7, 11) is 0. The normalized spacial score (nSPS) is 10.9. The highest BCUT2D eigenvalue weighted by Gasteiger charge is 2.06. The summed E-state index contributed by atoms with van der Waals surface area (Å²) in [6, 6.07) is 20.3. The van der Waals surface area contributed by atoms with E-state index in [9.17, 15) is 0 Å². The van der Waals surface area contributed by atoms with E-state index in [2.05, 4.69) is 39.6 Å². The highest BCUT2D eigenvalue weighted by atomic mass is 15.4. The second kappa shape index (κ2) is 4.83. The van der Waals surface area contributed by atoms with Gasteiger partial charge in [-0.1, -0.05) is 41.6 Å². The minimum Gasteiger partial charge on any atom is -0.254 e. The Kier molecular flexibility index (Phi) is 2.71. The van der Waals surface area contributed by atoms with Gasteiger partial charge < -0.3 is 0 Å². The van der Waals surface area contributed by atoms with Gasteiger partial charge in [0.05, 0.1) is 17.6 Å². The zero-order chi connectivity index (χ0) is 14.1. The topological polar surface area (TPSA) is 43.6 Å². The van der Waals surface area contributed by atoms with E-state index in [0.717, 1.165) is 17.1 Å². The Hall–Kier alpha value is -3.01. The number of pyridine rings is 1. The summed E-state index contributed by atoms with van der Waals surface area (Å²) < 4.78 is 1.77. The fourth-order valence-corrected chi connectivity index (χ4v) is 2.34. The fraction of sp³-hybridized carbons (Fsp3) is 0. The van der Waals surface area contributed by atoms with Crippen molar-refractivity contribution in [1.82, 2.24) is 20.0 Å². The number of benzene rings is 2. The first-order valence-corrected chi connectivity index (χ1v) is 6.73. The first-order valence-electron chi connectivity index (χ1n) is 6.73. The van der Waals surface area contributed by atoms with Gasteiger partial charge >= 0.3 is 0 Å². The van der Waals surface area contributed by atoms with Crippen molar-refractivity contribution < 1.29 is 0 Å². The average Bonchev–Trinajstić information content (AvgIpc) is 3.05. The van der Waals surface area contributed by atoms with Crippen molar-refractivity contribution in [2.24, 2.45) is 0 Å². The van der Waals surface area contributed by atoms with Crippen LogP contribution in [0, 0.1) is 0 Å². The van der Waals surface area contributed by atoms with E-state index in [1.54, 1.807) is 10.9 Å². The molecule has 21 heavy (non-hydrogen) atoms. The van der Waals surface area contributed by atoms with Crippen LogP contribution in [0.4, 0.5) is 0 Å². The molecule has 0 aliphatic carbocycles. The van der Waals surface area contributed by atoms with Crippen LogP contribution in [-0.4, -0.2) is 20.0 Å². The first-order chi connectivity index (χ1) is 10.4. The largest absolute Gasteiger partial charge is 0.254 e. The Balaban J connectivity index is 1.77. The molecule has 4 aromatic rings. The highest BCUT2D eigenvalue weighted by Crippen LogP contribution is 2.19. The second-order valence-corrected chi connectivity index (χ2v) is 4.79. The van der Waals surface area contributed by atoms with Gasteiger partial charge in [-0.05, 0) is 35.0 Å². The van der Waals surface area contributed by atoms with Crippen LogP contribution < -0.4 is 0 Å². The molecular formula is C17H12N4. The molecule has 0 aliphatic rings. The SMILES string of the molecule is c1ccc(-c2cn(-c3ccc4ccccc4c3)nn2)nc1. The Morgan fingerprint density at radius 3 is 2.48 bits per heavy atom. The predicted molar refractivity (Wildman–Crippen MR) is 82.1 cm³/mol. The van der Waals surface area contributed by atoms with Crippen molar-refractivity contribution in [3.05, 3.63) is 73.1 Å². The van der Waals surface area contributed by atoms with Crippen LogP contribution in [0.1, 0.15) is 0 Å². The minimum atomic E-state index is 0.767. The van der Waals surface area contributed by atoms with Crippen LogP contribution in [0.5, 0.6) is 0 Å². The maximum Gasteiger partial charge on any atom is 0.131 e. The van der Waals surface area contributed by atoms with Gasteiger partial charge in [-0.3, -0.25) is 4.98 Å². The second-order valence-electron chi connectivity index (χ2n) is 4.79. The van der Waals surface area contributed by atoms with E-state index in [-0.39, 0.29) is 0 Å². The number of fused-ring (bicyclic) bond motifs is 1. The van der Waals surface area contributed by atoms with E-state index in [4.69, 9.17) is 0 Å². The number of hydrogen-bond donors (Lipinski definition) is 0. The summed E-state index contributed by atoms with van der Waals surface area (Å²) in [5.41, 5.74) is 2.58. The zero-order valence-corrected chi connectivity index (χ0v) is 11.2. The molecule has 0 unspecified atom stereocenters. The van der Waals surface area contributed by atoms with Crippen LogP contribution >= 0.6 is 0 Å². The summed E-state index contributed by atoms with van der Waals surface area (Å²) in [5.74, 6) is 0. The molecule has 100 valence electrons. The molecule has 0 amide bonds. The summed E-state index contributed by atoms with van der Waals surface area (Å²) in [4.78, 5) is 4.29. The molecule has 2 heterocycles. The monoisotopic (exact) mass is 272 g/mol. The van der Waals surface area contributed by atoms with Crippen LogP contribution in [0.25, 0.3) is 27.8 Å². The summed E-state index contributed by atoms with van der Waals surface area (Å²) >= 11 is 0. The summed E-state index contributed by atoms with van der Waals surface area (Å²) in [6.45, 7) is 0. The van der Waals surface area contributed by atoms with E-state index in [1.165, 1.54) is 10.8 Å². The van der Waals surface area contributed by atoms with Crippen LogP contribution in [0.3, 0.4) is 0 Å². The third-order valence-corrected chi connectivity index (χ3v) is 3.42. The molecule has 0 N–H and O–H groups in total. The van der Waals surface area contributed by atoms with E-state index >= 15 is 0 Å². The van der Waals surface area contributed by atoms with Gasteiger partial charge in [0, 0.05) is 6.20 Å². The van der Waals surface area contributed by atoms with Gasteiger partial charge in [0.2, 0.25) is 0 Å². The number of hydrogen-bond acceptors (Lipinski definition) is 3. The Morgan fingerprint density at radius 1 is 0.762 bits per heavy atom. The van der Waals surface area contributed by atoms with Gasteiger partial charge in [-0.15, -0.1) is 5.10 Å². The maximum absolute atomic E-state index is 4.29. The zero-order valence-electron chi connectivity index (χ0n) is 11.2. The minimum absolute atomic E-state index is 0.767. The molecule has 0 spiro atoms. The van der Waals surface area contributed by atoms with Gasteiger partial charge in [0.1, 0.15) is 5.69 Å². The molecule has 0 aliphatic heterocycles. The van der Waals surface area contributed by atoms with E-state index in [1.807, 2.05) is 42.6 Å². The molecule has 2 aromatic heterocycles. The molecule has 2 aromatic carbocycles. The quantitative estimate of drug-likeness (QED) is 0.561. The lowest BCUT2D eigenvalue weighted by Gasteiger charge is -2.02. The number of rotatable bonds is 2. The Morgan fingerprint density at radius 2 is 1.62 bits per heavy atom. The van der Waals surface area contributed by atoms with E-state index in [0.29, 0.717) is 0 Å². The lowest BCUT2D eigenvalue weighted by atomic mass is 10.1. The van der Waals surface area contributed by atoms with Crippen molar-refractivity contribution >= 4 is 10.8 Å². The smallest absolute Gasteiger partial charge is 0.131 e. The third kappa shape index (κ3) is 2.17. The van der Waals surface area contributed by atoms with Crippen molar-refractivity contribution in [3.63, 3.8) is 0 Å². The van der Waals surface area contributed by atoms with Crippen molar-refractivity contribution in [2.75, 3.05) is 0 Å². The van der Waals surface area contributed by atoms with Gasteiger partial charge in [0.15, 0.2) is 0 Å². The van der Waals surface area contributed by atoms with Crippen molar-refractivity contribution in [1.29, 1.82) is 0 Å². The molecule has 4 heteroatoms. The number of nitrogens with zero attached hydrogens (tertiary/aromatic N) is 4. The Bertz CT molecular complexity index is 897. The summed E-state index contributed by atoms with van der Waals surface area (Å²) in [6.07, 6.45) is 3.65. The maximum atomic E-state index is 4.29. The van der Waals surface area contributed by atoms with Crippen LogP contribution in [0.15, 0.2) is 73.1 Å². The van der Waals surface area contributed by atoms with E-state index < -0.39 is 0 Å². The molecule has 4 nitrogen and oxygen atoms in total. The lowest BCUT2D eigenvalue weighted by molar-refractivity contribution is 0.804. The predicted octanol–water partition coefficient (Wildman–Crippen LogP) is 3.48. The highest BCUT2D eigenvalue weighted by molar-refractivity contribution is 5.84. The standard InChI is InChI=1S/C17H12N4/c1-2-6-14-11-15(9-8-13(14)5-1)21-12-17(19-20-21)16-7-3-4-10-18-16/h1-12H. The van der Waals surface area contributed by atoms with Crippen LogP contribution in [0.2, 0.25) is 0 Å². The molecule has 4 rings (SSSR count). The van der Waals surface area contributed by atoms with Crippen LogP contribution in [-0.2, 0) is 0 Å². The van der Waals surface area contributed by atoms with Gasteiger partial charge in [-0.2, -0.15) is 0 Å². The molecule has 0 fully saturated rings. The molecule has 0 radical (unpaired) electrons. The third-order valence-electron chi connectivity index (χ3n) is 3.42. The first kappa shape index (κ1) is 11.8. The molecule has 0 saturated carbocycles. The summed E-state index contributed by atoms with van der Waals surface area (Å²) in [5, 5.41) is 10.8. The van der Waals surface area contributed by atoms with Gasteiger partial charge in [0.25, 0.3) is 0 Å². The molecule has 0 saturated heterocycles. The fourth-order valence-electron chi connectivity index (χ4n) is 2.34. The lowest BCUT2D eigenvalue weighted by Crippen LogP contribution is -1.94. The molecule has 0 bridgehead atoms. The van der Waals surface area contributed by atoms with Crippen molar-refractivity contribution in [2.45, 2.75) is 0 Å². The molecular weight excluding hydrogens is 260 g/mol.